The van der Waals surface area contributed by atoms with E-state index < -0.39 is 0 Å². The van der Waals surface area contributed by atoms with Gasteiger partial charge >= 0.3 is 0 Å². The summed E-state index contributed by atoms with van der Waals surface area (Å²) in [6.45, 7) is 1.94. The summed E-state index contributed by atoms with van der Waals surface area (Å²) in [7, 11) is 1.92. The lowest BCUT2D eigenvalue weighted by Gasteiger charge is -2.12. The largest absolute Gasteiger partial charge is 0.437 e. The van der Waals surface area contributed by atoms with Crippen LogP contribution in [-0.2, 0) is 11.8 Å². The molecule has 0 atom stereocenters. The van der Waals surface area contributed by atoms with Crippen LogP contribution in [0, 0.1) is 6.92 Å². The first kappa shape index (κ1) is 16.7. The molecule has 1 amide bonds. The highest BCUT2D eigenvalue weighted by molar-refractivity contribution is 5.83. The van der Waals surface area contributed by atoms with E-state index in [2.05, 4.69) is 20.3 Å². The maximum Gasteiger partial charge on any atom is 0.247 e. The van der Waals surface area contributed by atoms with Gasteiger partial charge in [0, 0.05) is 43.0 Å². The van der Waals surface area contributed by atoms with Crippen LogP contribution in [-0.4, -0.2) is 25.9 Å². The Hall–Kier alpha value is -3.74. The Bertz CT molecular complexity index is 1120. The van der Waals surface area contributed by atoms with Crippen molar-refractivity contribution in [1.29, 1.82) is 0 Å². The molecule has 7 nitrogen and oxygen atoms in total. The number of ether oxygens (including phenoxy) is 1. The average Bonchev–Trinajstić information content (AvgIpc) is 3.06. The number of aryl methyl sites for hydroxylation is 2. The molecule has 3 heterocycles. The van der Waals surface area contributed by atoms with E-state index >= 15 is 0 Å². The van der Waals surface area contributed by atoms with Crippen molar-refractivity contribution < 1.29 is 9.53 Å². The van der Waals surface area contributed by atoms with Gasteiger partial charge in [-0.05, 0) is 36.8 Å². The molecule has 0 aliphatic carbocycles. The monoisotopic (exact) mass is 359 g/mol. The minimum atomic E-state index is 0.442. The number of fused-ring (bicyclic) bond motifs is 1. The first-order valence-corrected chi connectivity index (χ1v) is 8.38. The van der Waals surface area contributed by atoms with E-state index in [0.29, 0.717) is 29.6 Å². The summed E-state index contributed by atoms with van der Waals surface area (Å²) in [4.78, 5) is 24.1. The number of carbonyl (C=O) groups excluding carboxylic acids is 1. The van der Waals surface area contributed by atoms with Crippen LogP contribution in [0.4, 0.5) is 5.69 Å². The molecular weight excluding hydrogens is 342 g/mol. The van der Waals surface area contributed by atoms with Crippen molar-refractivity contribution in [3.8, 4) is 23.0 Å². The van der Waals surface area contributed by atoms with Crippen molar-refractivity contribution in [2.24, 2.45) is 7.05 Å². The van der Waals surface area contributed by atoms with Crippen molar-refractivity contribution >= 4 is 23.1 Å². The lowest BCUT2D eigenvalue weighted by atomic mass is 10.2. The second-order valence-electron chi connectivity index (χ2n) is 6.10. The second kappa shape index (κ2) is 6.87. The molecule has 3 aromatic heterocycles. The maximum absolute atomic E-state index is 10.7. The Morgan fingerprint density at radius 3 is 2.85 bits per heavy atom. The number of nitrogens with one attached hydrogen (secondary N) is 1. The molecule has 7 heteroatoms. The Labute approximate surface area is 155 Å². The zero-order chi connectivity index (χ0) is 18.8. The minimum absolute atomic E-state index is 0.442. The van der Waals surface area contributed by atoms with E-state index in [-0.39, 0.29) is 0 Å². The molecule has 0 bridgehead atoms. The van der Waals surface area contributed by atoms with Gasteiger partial charge in [-0.15, -0.1) is 0 Å². The number of anilines is 1. The number of amides is 1. The van der Waals surface area contributed by atoms with Crippen molar-refractivity contribution in [2.45, 2.75) is 6.92 Å². The topological polar surface area (TPSA) is 81.9 Å². The van der Waals surface area contributed by atoms with Crippen molar-refractivity contribution in [3.05, 3.63) is 60.6 Å². The smallest absolute Gasteiger partial charge is 0.247 e. The van der Waals surface area contributed by atoms with Gasteiger partial charge in [0.2, 0.25) is 12.3 Å². The summed E-state index contributed by atoms with van der Waals surface area (Å²) < 4.78 is 8.08. The van der Waals surface area contributed by atoms with E-state index in [4.69, 9.17) is 4.74 Å². The third-order valence-electron chi connectivity index (χ3n) is 4.23. The van der Waals surface area contributed by atoms with Crippen LogP contribution in [0.2, 0.25) is 0 Å². The highest BCUT2D eigenvalue weighted by atomic mass is 16.5. The summed E-state index contributed by atoms with van der Waals surface area (Å²) >= 11 is 0. The molecule has 1 aromatic carbocycles. The number of carbonyl (C=O) groups is 1. The summed E-state index contributed by atoms with van der Waals surface area (Å²) in [5.74, 6) is 1.59. The average molecular weight is 359 g/mol. The van der Waals surface area contributed by atoms with Crippen LogP contribution in [0.25, 0.3) is 22.4 Å². The summed E-state index contributed by atoms with van der Waals surface area (Å²) in [5.41, 5.74) is 3.95. The normalized spacial score (nSPS) is 10.7. The third-order valence-corrected chi connectivity index (χ3v) is 4.23. The van der Waals surface area contributed by atoms with Crippen LogP contribution >= 0.6 is 0 Å². The van der Waals surface area contributed by atoms with Crippen molar-refractivity contribution in [3.63, 3.8) is 0 Å². The Morgan fingerprint density at radius 1 is 1.19 bits per heavy atom. The molecule has 0 unspecified atom stereocenters. The van der Waals surface area contributed by atoms with Crippen LogP contribution < -0.4 is 10.1 Å². The van der Waals surface area contributed by atoms with E-state index in [1.165, 1.54) is 0 Å². The predicted molar refractivity (Wildman–Crippen MR) is 103 cm³/mol. The Morgan fingerprint density at radius 2 is 2.07 bits per heavy atom. The van der Waals surface area contributed by atoms with Gasteiger partial charge in [0.05, 0.1) is 5.52 Å². The van der Waals surface area contributed by atoms with Gasteiger partial charge in [0.1, 0.15) is 11.3 Å². The summed E-state index contributed by atoms with van der Waals surface area (Å²) in [6.07, 6.45) is 5.97. The van der Waals surface area contributed by atoms with Crippen LogP contribution in [0.1, 0.15) is 5.56 Å². The lowest BCUT2D eigenvalue weighted by molar-refractivity contribution is -0.105. The van der Waals surface area contributed by atoms with E-state index in [9.17, 15) is 4.79 Å². The number of hydrogen-bond donors (Lipinski definition) is 1. The molecule has 4 aromatic rings. The number of pyridine rings is 1. The molecule has 4 rings (SSSR count). The van der Waals surface area contributed by atoms with Gasteiger partial charge in [-0.2, -0.15) is 4.98 Å². The number of hydrogen-bond acceptors (Lipinski definition) is 5. The maximum atomic E-state index is 10.7. The quantitative estimate of drug-likeness (QED) is 0.550. The van der Waals surface area contributed by atoms with Crippen molar-refractivity contribution in [1.82, 2.24) is 19.5 Å². The van der Waals surface area contributed by atoms with Crippen LogP contribution in [0.15, 0.2) is 55.0 Å². The fourth-order valence-corrected chi connectivity index (χ4v) is 2.82. The number of benzene rings is 1. The molecular formula is C20H17N5O2. The molecule has 27 heavy (non-hydrogen) atoms. The van der Waals surface area contributed by atoms with Gasteiger partial charge in [-0.3, -0.25) is 9.78 Å². The standard InChI is InChI=1S/C20H17N5O2/c1-13-5-6-15(22-12-26)10-17(13)27-20-18-16(7-9-25(18)2)23-19(24-20)14-4-3-8-21-11-14/h3-12H,1-2H3,(H,22,26). The number of aromatic nitrogens is 4. The summed E-state index contributed by atoms with van der Waals surface area (Å²) in [6, 6.07) is 11.1. The van der Waals surface area contributed by atoms with Crippen molar-refractivity contribution in [2.75, 3.05) is 5.32 Å². The van der Waals surface area contributed by atoms with Crippen LogP contribution in [0.3, 0.4) is 0 Å². The highest BCUT2D eigenvalue weighted by Crippen LogP contribution is 2.33. The summed E-state index contributed by atoms with van der Waals surface area (Å²) in [5, 5.41) is 2.63. The zero-order valence-corrected chi connectivity index (χ0v) is 14.9. The Kier molecular flexibility index (Phi) is 4.25. The molecule has 134 valence electrons. The van der Waals surface area contributed by atoms with E-state index in [1.807, 2.05) is 55.1 Å². The highest BCUT2D eigenvalue weighted by Gasteiger charge is 2.15. The fraction of sp³-hybridized carbons (Fsp3) is 0.100. The fourth-order valence-electron chi connectivity index (χ4n) is 2.82. The number of nitrogens with zero attached hydrogens (tertiary/aromatic N) is 4. The van der Waals surface area contributed by atoms with Crippen LogP contribution in [0.5, 0.6) is 11.6 Å². The molecule has 0 spiro atoms. The van der Waals surface area contributed by atoms with Gasteiger partial charge in [0.15, 0.2) is 5.82 Å². The molecule has 0 aliphatic heterocycles. The third kappa shape index (κ3) is 3.22. The molecule has 0 fully saturated rings. The molecule has 1 N–H and O–H groups in total. The van der Waals surface area contributed by atoms with Gasteiger partial charge in [-0.1, -0.05) is 6.07 Å². The molecule has 0 radical (unpaired) electrons. The van der Waals surface area contributed by atoms with E-state index in [0.717, 1.165) is 22.2 Å². The second-order valence-corrected chi connectivity index (χ2v) is 6.10. The SMILES string of the molecule is Cc1ccc(NC=O)cc1Oc1nc(-c2cccnc2)nc2ccn(C)c12. The zero-order valence-electron chi connectivity index (χ0n) is 14.9. The predicted octanol–water partition coefficient (Wildman–Crippen LogP) is 3.70. The van der Waals surface area contributed by atoms with Gasteiger partial charge in [-0.25, -0.2) is 4.98 Å². The Balaban J connectivity index is 1.84. The molecule has 0 aliphatic rings. The molecule has 0 saturated heterocycles. The minimum Gasteiger partial charge on any atom is -0.437 e. The number of rotatable bonds is 5. The lowest BCUT2D eigenvalue weighted by Crippen LogP contribution is -2.00. The van der Waals surface area contributed by atoms with E-state index in [1.54, 1.807) is 18.5 Å². The molecule has 0 saturated carbocycles. The van der Waals surface area contributed by atoms with Gasteiger partial charge in [0.25, 0.3) is 0 Å². The first-order chi connectivity index (χ1) is 13.2. The van der Waals surface area contributed by atoms with Gasteiger partial charge < -0.3 is 14.6 Å². The first-order valence-electron chi connectivity index (χ1n) is 8.38.